The lowest BCUT2D eigenvalue weighted by atomic mass is 9.86. The summed E-state index contributed by atoms with van der Waals surface area (Å²) in [5.41, 5.74) is 0. The molecule has 3 heteroatoms. The van der Waals surface area contributed by atoms with Crippen LogP contribution in [0.5, 0.6) is 0 Å². The zero-order chi connectivity index (χ0) is 12.0. The fraction of sp³-hybridized carbons (Fsp3) is 0.923. The van der Waals surface area contributed by atoms with Crippen molar-refractivity contribution < 1.29 is 14.6 Å². The predicted octanol–water partition coefficient (Wildman–Crippen LogP) is 3.08. The van der Waals surface area contributed by atoms with E-state index in [4.69, 9.17) is 9.84 Å². The maximum atomic E-state index is 11.1. The molecule has 3 unspecified atom stereocenters. The van der Waals surface area contributed by atoms with Crippen LogP contribution >= 0.6 is 0 Å². The first-order valence-corrected chi connectivity index (χ1v) is 6.49. The van der Waals surface area contributed by atoms with Crippen molar-refractivity contribution in [2.75, 3.05) is 6.61 Å². The average molecular weight is 228 g/mol. The number of hydrogen-bond donors (Lipinski definition) is 1. The molecule has 1 aliphatic carbocycles. The molecule has 1 saturated carbocycles. The number of aliphatic carboxylic acids is 1. The van der Waals surface area contributed by atoms with Crippen molar-refractivity contribution in [3.63, 3.8) is 0 Å². The Morgan fingerprint density at radius 3 is 2.75 bits per heavy atom. The maximum absolute atomic E-state index is 11.1. The second-order valence-electron chi connectivity index (χ2n) is 4.99. The van der Waals surface area contributed by atoms with Gasteiger partial charge in [0.1, 0.15) is 0 Å². The number of carboxylic acids is 1. The van der Waals surface area contributed by atoms with Crippen LogP contribution in [-0.2, 0) is 9.53 Å². The number of carbonyl (C=O) groups is 1. The minimum Gasteiger partial charge on any atom is -0.481 e. The molecule has 0 amide bonds. The first-order chi connectivity index (χ1) is 7.65. The van der Waals surface area contributed by atoms with E-state index in [1.165, 1.54) is 0 Å². The Balaban J connectivity index is 2.35. The van der Waals surface area contributed by atoms with Crippen molar-refractivity contribution in [2.45, 2.75) is 58.5 Å². The summed E-state index contributed by atoms with van der Waals surface area (Å²) in [5, 5.41) is 9.10. The molecule has 0 spiro atoms. The largest absolute Gasteiger partial charge is 0.481 e. The molecule has 1 aliphatic rings. The molecular formula is C13H24O3. The van der Waals surface area contributed by atoms with E-state index in [0.717, 1.165) is 38.5 Å². The van der Waals surface area contributed by atoms with Crippen molar-refractivity contribution in [1.29, 1.82) is 0 Å². The molecular weight excluding hydrogens is 204 g/mol. The lowest BCUT2D eigenvalue weighted by Gasteiger charge is -2.29. The van der Waals surface area contributed by atoms with Gasteiger partial charge in [-0.15, -0.1) is 0 Å². The second-order valence-corrected chi connectivity index (χ2v) is 4.99. The summed E-state index contributed by atoms with van der Waals surface area (Å²) in [6.07, 6.45) is 6.10. The van der Waals surface area contributed by atoms with Crippen molar-refractivity contribution >= 4 is 5.97 Å². The van der Waals surface area contributed by atoms with E-state index in [1.807, 2.05) is 0 Å². The quantitative estimate of drug-likeness (QED) is 0.760. The lowest BCUT2D eigenvalue weighted by Crippen LogP contribution is -2.34. The van der Waals surface area contributed by atoms with Crippen molar-refractivity contribution in [3.05, 3.63) is 0 Å². The van der Waals surface area contributed by atoms with Gasteiger partial charge in [0.25, 0.3) is 0 Å². The Morgan fingerprint density at radius 1 is 1.44 bits per heavy atom. The van der Waals surface area contributed by atoms with Crippen LogP contribution in [0.4, 0.5) is 0 Å². The highest BCUT2D eigenvalue weighted by atomic mass is 16.5. The third kappa shape index (κ3) is 4.12. The summed E-state index contributed by atoms with van der Waals surface area (Å²) in [5.74, 6) is -0.420. The molecule has 16 heavy (non-hydrogen) atoms. The molecule has 0 aromatic heterocycles. The fourth-order valence-electron chi connectivity index (χ4n) is 2.44. The normalized spacial score (nSPS) is 27.6. The SMILES string of the molecule is CCCC(C)COC1CCCCC1C(=O)O. The summed E-state index contributed by atoms with van der Waals surface area (Å²) in [4.78, 5) is 11.1. The number of ether oxygens (including phenoxy) is 1. The third-order valence-electron chi connectivity index (χ3n) is 3.40. The van der Waals surface area contributed by atoms with Crippen LogP contribution in [0.25, 0.3) is 0 Å². The minimum atomic E-state index is -0.687. The monoisotopic (exact) mass is 228 g/mol. The Bertz CT molecular complexity index is 215. The van der Waals surface area contributed by atoms with Crippen LogP contribution in [0.3, 0.4) is 0 Å². The highest BCUT2D eigenvalue weighted by Crippen LogP contribution is 2.27. The smallest absolute Gasteiger partial charge is 0.309 e. The van der Waals surface area contributed by atoms with Gasteiger partial charge in [-0.1, -0.05) is 33.1 Å². The summed E-state index contributed by atoms with van der Waals surface area (Å²) >= 11 is 0. The van der Waals surface area contributed by atoms with Gasteiger partial charge in [0.05, 0.1) is 12.0 Å². The molecule has 0 bridgehead atoms. The zero-order valence-corrected chi connectivity index (χ0v) is 10.4. The molecule has 0 aromatic carbocycles. The molecule has 94 valence electrons. The van der Waals surface area contributed by atoms with Gasteiger partial charge in [-0.3, -0.25) is 4.79 Å². The van der Waals surface area contributed by atoms with Crippen LogP contribution in [0.2, 0.25) is 0 Å². The molecule has 1 fully saturated rings. The van der Waals surface area contributed by atoms with Gasteiger partial charge in [0.2, 0.25) is 0 Å². The molecule has 0 aromatic rings. The highest BCUT2D eigenvalue weighted by molar-refractivity contribution is 5.70. The lowest BCUT2D eigenvalue weighted by molar-refractivity contribution is -0.150. The van der Waals surface area contributed by atoms with E-state index < -0.39 is 5.97 Å². The number of rotatable bonds is 6. The second kappa shape index (κ2) is 6.89. The number of hydrogen-bond acceptors (Lipinski definition) is 2. The van der Waals surface area contributed by atoms with Crippen LogP contribution in [0.1, 0.15) is 52.4 Å². The van der Waals surface area contributed by atoms with E-state index >= 15 is 0 Å². The van der Waals surface area contributed by atoms with Gasteiger partial charge >= 0.3 is 5.97 Å². The Labute approximate surface area is 98.2 Å². The summed E-state index contributed by atoms with van der Waals surface area (Å²) in [6, 6.07) is 0. The molecule has 3 nitrogen and oxygen atoms in total. The van der Waals surface area contributed by atoms with Gasteiger partial charge in [0, 0.05) is 6.61 Å². The molecule has 3 atom stereocenters. The molecule has 1 N–H and O–H groups in total. The van der Waals surface area contributed by atoms with E-state index in [1.54, 1.807) is 0 Å². The van der Waals surface area contributed by atoms with Crippen LogP contribution < -0.4 is 0 Å². The topological polar surface area (TPSA) is 46.5 Å². The van der Waals surface area contributed by atoms with Gasteiger partial charge in [-0.2, -0.15) is 0 Å². The predicted molar refractivity (Wildman–Crippen MR) is 63.4 cm³/mol. The molecule has 1 rings (SSSR count). The average Bonchev–Trinajstić information content (AvgIpc) is 2.27. The van der Waals surface area contributed by atoms with E-state index in [-0.39, 0.29) is 12.0 Å². The zero-order valence-electron chi connectivity index (χ0n) is 10.4. The Morgan fingerprint density at radius 2 is 2.12 bits per heavy atom. The summed E-state index contributed by atoms with van der Waals surface area (Å²) < 4.78 is 5.79. The van der Waals surface area contributed by atoms with Gasteiger partial charge in [-0.05, 0) is 25.2 Å². The van der Waals surface area contributed by atoms with Crippen molar-refractivity contribution in [1.82, 2.24) is 0 Å². The minimum absolute atomic E-state index is 0.0504. The van der Waals surface area contributed by atoms with Crippen molar-refractivity contribution in [2.24, 2.45) is 11.8 Å². The van der Waals surface area contributed by atoms with Crippen molar-refractivity contribution in [3.8, 4) is 0 Å². The van der Waals surface area contributed by atoms with Gasteiger partial charge < -0.3 is 9.84 Å². The molecule has 0 radical (unpaired) electrons. The first kappa shape index (κ1) is 13.5. The van der Waals surface area contributed by atoms with Crippen LogP contribution in [0.15, 0.2) is 0 Å². The van der Waals surface area contributed by atoms with E-state index in [2.05, 4.69) is 13.8 Å². The molecule has 0 heterocycles. The van der Waals surface area contributed by atoms with Gasteiger partial charge in [-0.25, -0.2) is 0 Å². The first-order valence-electron chi connectivity index (χ1n) is 6.49. The Kier molecular flexibility index (Phi) is 5.81. The van der Waals surface area contributed by atoms with Gasteiger partial charge in [0.15, 0.2) is 0 Å². The van der Waals surface area contributed by atoms with Crippen LogP contribution in [0, 0.1) is 11.8 Å². The molecule has 0 saturated heterocycles. The third-order valence-corrected chi connectivity index (χ3v) is 3.40. The van der Waals surface area contributed by atoms with E-state index in [0.29, 0.717) is 12.5 Å². The standard InChI is InChI=1S/C13H24O3/c1-3-6-10(2)9-16-12-8-5-4-7-11(12)13(14)15/h10-12H,3-9H2,1-2H3,(H,14,15). The summed E-state index contributed by atoms with van der Waals surface area (Å²) in [6.45, 7) is 5.04. The van der Waals surface area contributed by atoms with E-state index in [9.17, 15) is 4.79 Å². The molecule has 0 aliphatic heterocycles. The van der Waals surface area contributed by atoms with Crippen LogP contribution in [-0.4, -0.2) is 23.8 Å². The summed E-state index contributed by atoms with van der Waals surface area (Å²) in [7, 11) is 0. The maximum Gasteiger partial charge on any atom is 0.309 e. The Hall–Kier alpha value is -0.570. The number of carboxylic acid groups (broad SMARTS) is 1. The highest BCUT2D eigenvalue weighted by Gasteiger charge is 2.31. The fourth-order valence-corrected chi connectivity index (χ4v) is 2.44.